The van der Waals surface area contributed by atoms with Crippen molar-refractivity contribution in [3.05, 3.63) is 207 Å². The van der Waals surface area contributed by atoms with Crippen molar-refractivity contribution in [2.24, 2.45) is 0 Å². The smallest absolute Gasteiger partial charge is 0.203 e. The summed E-state index contributed by atoms with van der Waals surface area (Å²) in [5.41, 5.74) is 14.7. The van der Waals surface area contributed by atoms with E-state index in [2.05, 4.69) is 204 Å². The van der Waals surface area contributed by atoms with Gasteiger partial charge in [-0.05, 0) is 209 Å². The van der Waals surface area contributed by atoms with Gasteiger partial charge in [-0.2, -0.15) is 0 Å². The maximum absolute atomic E-state index is 9.38. The Balaban J connectivity index is 0.000000272. The maximum atomic E-state index is 9.38. The zero-order valence-electron chi connectivity index (χ0n) is 59.4. The molecule has 2 heterocycles. The molecule has 484 valence electrons. The van der Waals surface area contributed by atoms with E-state index >= 15 is 0 Å². The van der Waals surface area contributed by atoms with Crippen molar-refractivity contribution < 1.29 is 34.6 Å². The molecule has 0 spiro atoms. The van der Waals surface area contributed by atoms with Gasteiger partial charge < -0.3 is 39.6 Å². The topological polar surface area (TPSA) is 124 Å². The Morgan fingerprint density at radius 3 is 1.28 bits per heavy atom. The molecule has 0 saturated heterocycles. The summed E-state index contributed by atoms with van der Waals surface area (Å²) in [6, 6.07) is 45.5. The number of methoxy groups -OCH3 is 3. The third kappa shape index (κ3) is 23.8. The van der Waals surface area contributed by atoms with Crippen molar-refractivity contribution in [2.45, 2.75) is 204 Å². The van der Waals surface area contributed by atoms with Gasteiger partial charge >= 0.3 is 0 Å². The Hall–Kier alpha value is -7.36. The molecular formula is C80H111NO7S. The van der Waals surface area contributed by atoms with Gasteiger partial charge in [0, 0.05) is 16.4 Å². The van der Waals surface area contributed by atoms with Crippen molar-refractivity contribution in [1.29, 1.82) is 0 Å². The normalized spacial score (nSPS) is 11.7. The summed E-state index contributed by atoms with van der Waals surface area (Å²) in [6.07, 6.45) is 1.98. The van der Waals surface area contributed by atoms with Crippen LogP contribution in [0.1, 0.15) is 201 Å². The number of hydrogen-bond acceptors (Lipinski definition) is 8. The van der Waals surface area contributed by atoms with Crippen molar-refractivity contribution in [1.82, 2.24) is 4.98 Å². The Morgan fingerprint density at radius 2 is 0.843 bits per heavy atom. The molecule has 0 fully saturated rings. The van der Waals surface area contributed by atoms with Gasteiger partial charge in [0.15, 0.2) is 11.5 Å². The first kappa shape index (κ1) is 75.9. The lowest BCUT2D eigenvalue weighted by atomic mass is 9.81. The highest BCUT2D eigenvalue weighted by molar-refractivity contribution is 7.17. The van der Waals surface area contributed by atoms with E-state index in [0.717, 1.165) is 16.7 Å². The Kier molecular flexibility index (Phi) is 26.8. The second kappa shape index (κ2) is 31.4. The molecule has 9 aromatic rings. The molecule has 9 rings (SSSR count). The van der Waals surface area contributed by atoms with Crippen LogP contribution in [0.5, 0.6) is 40.2 Å². The maximum Gasteiger partial charge on any atom is 0.203 e. The number of thiophene rings is 1. The summed E-state index contributed by atoms with van der Waals surface area (Å²) in [5, 5.41) is 41.9. The molecule has 0 aliphatic carbocycles. The van der Waals surface area contributed by atoms with Crippen LogP contribution in [0.25, 0.3) is 21.0 Å². The minimum absolute atomic E-state index is 0.0484. The van der Waals surface area contributed by atoms with Gasteiger partial charge in [0.25, 0.3) is 0 Å². The molecule has 2 aromatic heterocycles. The summed E-state index contributed by atoms with van der Waals surface area (Å²) >= 11 is 1.84. The predicted molar refractivity (Wildman–Crippen MR) is 384 cm³/mol. The van der Waals surface area contributed by atoms with Crippen LogP contribution in [0.2, 0.25) is 0 Å². The fraction of sp³-hybridized carbons (Fsp3) is 0.425. The number of hydrogen-bond donors (Lipinski definition) is 5. The standard InChI is InChI=1S/C13H20O3.C12H15N.C12H18O.C12H14S.C11H16O.2C10H14O/c1-13(2,3)9-7-10(14-4)12(16-6)11(8-9)15-5;1-12(2,3)10-4-5-11-9(8-10)6-7-13-11;1-8-6-10(13)7-9(2)11(8)12(3,4)5;1-12(2,3)10-8-13-11-7-5-4-6-9(10)11;1-8-7-9(11(2,3)4)5-6-10(8)12;1-10(2,3)8-4-6-9(11)7-5-8;1-10(2,3)8-5-4-6-9(11)7-8/h7-8H,1-6H3;4-8,13H,1-3H3;6-7,13H,1-5H3;4-8H,1-3H3;5-7,12H,1-4H3;2*4-7,11H,1-3H3. The van der Waals surface area contributed by atoms with Crippen molar-refractivity contribution in [3.8, 4) is 40.2 Å². The summed E-state index contributed by atoms with van der Waals surface area (Å²) in [6.45, 7) is 51.9. The van der Waals surface area contributed by atoms with Crippen LogP contribution in [-0.2, 0) is 37.9 Å². The van der Waals surface area contributed by atoms with Gasteiger partial charge in [-0.3, -0.25) is 0 Å². The number of H-pyrrole nitrogens is 1. The van der Waals surface area contributed by atoms with Crippen LogP contribution < -0.4 is 14.2 Å². The second-order valence-electron chi connectivity index (χ2n) is 30.1. The van der Waals surface area contributed by atoms with Crippen LogP contribution in [-0.4, -0.2) is 46.7 Å². The second-order valence-corrected chi connectivity index (χ2v) is 31.1. The average molecular weight is 1230 g/mol. The van der Waals surface area contributed by atoms with Crippen LogP contribution >= 0.6 is 11.3 Å². The van der Waals surface area contributed by atoms with Crippen LogP contribution in [0.15, 0.2) is 151 Å². The first-order chi connectivity index (χ1) is 40.8. The van der Waals surface area contributed by atoms with E-state index in [4.69, 9.17) is 19.3 Å². The minimum Gasteiger partial charge on any atom is -0.508 e. The molecule has 0 radical (unpaired) electrons. The quantitative estimate of drug-likeness (QED) is 0.119. The molecule has 9 heteroatoms. The predicted octanol–water partition coefficient (Wildman–Crippen LogP) is 22.4. The number of phenolic OH excluding ortho intramolecular Hbond substituents is 4. The fourth-order valence-corrected chi connectivity index (χ4v) is 11.0. The number of aryl methyl sites for hydroxylation is 3. The van der Waals surface area contributed by atoms with E-state index in [1.54, 1.807) is 51.7 Å². The Labute approximate surface area is 541 Å². The van der Waals surface area contributed by atoms with E-state index in [1.165, 1.54) is 59.9 Å². The zero-order valence-corrected chi connectivity index (χ0v) is 60.2. The molecule has 0 aliphatic rings. The van der Waals surface area contributed by atoms with E-state index in [9.17, 15) is 15.3 Å². The highest BCUT2D eigenvalue weighted by Gasteiger charge is 2.23. The summed E-state index contributed by atoms with van der Waals surface area (Å²) in [4.78, 5) is 3.20. The van der Waals surface area contributed by atoms with Crippen LogP contribution in [0.4, 0.5) is 0 Å². The number of ether oxygens (including phenoxy) is 3. The molecule has 89 heavy (non-hydrogen) atoms. The molecule has 0 amide bonds. The number of rotatable bonds is 3. The molecule has 0 atom stereocenters. The van der Waals surface area contributed by atoms with Crippen molar-refractivity contribution in [3.63, 3.8) is 0 Å². The summed E-state index contributed by atoms with van der Waals surface area (Å²) in [5.74, 6) is 3.46. The fourth-order valence-electron chi connectivity index (χ4n) is 9.77. The van der Waals surface area contributed by atoms with E-state index in [1.807, 2.05) is 99.0 Å². The molecule has 0 aliphatic heterocycles. The van der Waals surface area contributed by atoms with Crippen molar-refractivity contribution in [2.75, 3.05) is 21.3 Å². The SMILES string of the molecule is CC(C)(C)c1ccc(O)cc1.CC(C)(C)c1ccc2[nH]ccc2c1.CC(C)(C)c1cccc(O)c1.CC(C)(C)c1csc2ccccc12.COc1cc(C(C)(C)C)cc(OC)c1OC.Cc1cc(C(C)(C)C)ccc1O.Cc1cc(O)cc(C)c1C(C)(C)C. The van der Waals surface area contributed by atoms with Crippen LogP contribution in [0, 0.1) is 20.8 Å². The molecule has 0 saturated carbocycles. The lowest BCUT2D eigenvalue weighted by molar-refractivity contribution is 0.322. The highest BCUT2D eigenvalue weighted by atomic mass is 32.1. The lowest BCUT2D eigenvalue weighted by Gasteiger charge is -2.24. The molecule has 8 nitrogen and oxygen atoms in total. The third-order valence-corrected chi connectivity index (χ3v) is 16.0. The third-order valence-electron chi connectivity index (χ3n) is 15.0. The number of fused-ring (bicyclic) bond motifs is 2. The molecule has 0 bridgehead atoms. The number of phenols is 4. The van der Waals surface area contributed by atoms with E-state index in [0.29, 0.717) is 40.2 Å². The van der Waals surface area contributed by atoms with Gasteiger partial charge in [0.05, 0.1) is 21.3 Å². The first-order valence-electron chi connectivity index (χ1n) is 30.9. The van der Waals surface area contributed by atoms with Gasteiger partial charge in [-0.25, -0.2) is 0 Å². The van der Waals surface area contributed by atoms with Crippen LogP contribution in [0.3, 0.4) is 0 Å². The van der Waals surface area contributed by atoms with E-state index in [-0.39, 0.29) is 37.9 Å². The first-order valence-corrected chi connectivity index (χ1v) is 31.8. The molecule has 0 unspecified atom stereocenters. The van der Waals surface area contributed by atoms with Gasteiger partial charge in [-0.15, -0.1) is 11.3 Å². The number of aromatic nitrogens is 1. The molecule has 5 N–H and O–H groups in total. The van der Waals surface area contributed by atoms with E-state index < -0.39 is 0 Å². The highest BCUT2D eigenvalue weighted by Crippen LogP contribution is 2.42. The van der Waals surface area contributed by atoms with Crippen molar-refractivity contribution >= 4 is 32.3 Å². The summed E-state index contributed by atoms with van der Waals surface area (Å²) in [7, 11) is 4.87. The largest absolute Gasteiger partial charge is 0.508 e. The number of aromatic amines is 1. The van der Waals surface area contributed by atoms with Gasteiger partial charge in [0.2, 0.25) is 5.75 Å². The zero-order chi connectivity index (χ0) is 67.8. The number of nitrogens with one attached hydrogen (secondary N) is 1. The Morgan fingerprint density at radius 1 is 0.371 bits per heavy atom. The molecular weight excluding hydrogens is 1120 g/mol. The Bertz CT molecular complexity index is 3580. The van der Waals surface area contributed by atoms with Gasteiger partial charge in [0.1, 0.15) is 23.0 Å². The average Bonchev–Trinajstić information content (AvgIpc) is 2.74. The molecule has 7 aromatic carbocycles. The number of benzene rings is 7. The monoisotopic (exact) mass is 1230 g/mol. The minimum atomic E-state index is 0.0484. The lowest BCUT2D eigenvalue weighted by Crippen LogP contribution is -2.14. The number of aromatic hydroxyl groups is 4. The summed E-state index contributed by atoms with van der Waals surface area (Å²) < 4.78 is 17.3. The van der Waals surface area contributed by atoms with Gasteiger partial charge in [-0.1, -0.05) is 206 Å².